The molecule has 0 radical (unpaired) electrons. The topological polar surface area (TPSA) is 41.6 Å². The van der Waals surface area contributed by atoms with E-state index in [-0.39, 0.29) is 18.3 Å². The van der Waals surface area contributed by atoms with Crippen LogP contribution in [0.15, 0.2) is 24.3 Å². The molecule has 19 heavy (non-hydrogen) atoms. The lowest BCUT2D eigenvalue weighted by atomic mass is 10.1. The van der Waals surface area contributed by atoms with Crippen molar-refractivity contribution in [2.75, 3.05) is 27.2 Å². The summed E-state index contributed by atoms with van der Waals surface area (Å²) < 4.78 is 5.16. The van der Waals surface area contributed by atoms with E-state index >= 15 is 0 Å². The van der Waals surface area contributed by atoms with E-state index in [0.29, 0.717) is 11.6 Å². The molecule has 1 amide bonds. The molecule has 0 aromatic heterocycles. The van der Waals surface area contributed by atoms with Gasteiger partial charge in [0.15, 0.2) is 0 Å². The lowest BCUT2D eigenvalue weighted by Crippen LogP contribution is -2.40. The second kappa shape index (κ2) is 7.36. The lowest BCUT2D eigenvalue weighted by Gasteiger charge is -2.24. The maximum Gasteiger partial charge on any atom is 0.254 e. The number of rotatable bonds is 4. The Bertz CT molecular complexity index is 426. The Hall–Kier alpha value is -1.26. The Morgan fingerprint density at radius 2 is 2.32 bits per heavy atom. The van der Waals surface area contributed by atoms with E-state index in [2.05, 4.69) is 5.32 Å². The van der Waals surface area contributed by atoms with Crippen molar-refractivity contribution in [3.63, 3.8) is 0 Å². The summed E-state index contributed by atoms with van der Waals surface area (Å²) in [6.45, 7) is 1.71. The molecule has 1 aliphatic heterocycles. The molecule has 5 heteroatoms. The number of hydrogen-bond acceptors (Lipinski definition) is 3. The minimum atomic E-state index is 0. The zero-order valence-electron chi connectivity index (χ0n) is 11.4. The zero-order chi connectivity index (χ0) is 13.0. The number of nitrogens with zero attached hydrogens (tertiary/aromatic N) is 1. The van der Waals surface area contributed by atoms with Crippen LogP contribution in [0.1, 0.15) is 23.2 Å². The van der Waals surface area contributed by atoms with Crippen molar-refractivity contribution in [2.45, 2.75) is 18.9 Å². The van der Waals surface area contributed by atoms with Gasteiger partial charge in [0.2, 0.25) is 0 Å². The second-order valence-electron chi connectivity index (χ2n) is 4.58. The van der Waals surface area contributed by atoms with Crippen molar-refractivity contribution < 1.29 is 9.53 Å². The van der Waals surface area contributed by atoms with Crippen LogP contribution in [0.5, 0.6) is 5.75 Å². The quantitative estimate of drug-likeness (QED) is 0.919. The summed E-state index contributed by atoms with van der Waals surface area (Å²) in [5.74, 6) is 0.830. The molecule has 0 aliphatic carbocycles. The third kappa shape index (κ3) is 3.61. The average molecular weight is 285 g/mol. The van der Waals surface area contributed by atoms with Gasteiger partial charge in [-0.2, -0.15) is 0 Å². The van der Waals surface area contributed by atoms with Crippen LogP contribution in [-0.2, 0) is 0 Å². The smallest absolute Gasteiger partial charge is 0.254 e. The molecule has 1 heterocycles. The number of benzene rings is 1. The van der Waals surface area contributed by atoms with Crippen LogP contribution >= 0.6 is 12.4 Å². The van der Waals surface area contributed by atoms with E-state index in [4.69, 9.17) is 4.74 Å². The molecule has 1 unspecified atom stereocenters. The standard InChI is InChI=1S/C14H20N2O2.ClH/c1-15-10-12-6-4-8-16(12)14(17)11-5-3-7-13(9-11)18-2;/h3,5,7,9,12,15H,4,6,8,10H2,1-2H3;1H. The SMILES string of the molecule is CNCC1CCCN1C(=O)c1cccc(OC)c1.Cl. The molecule has 1 saturated heterocycles. The molecule has 0 saturated carbocycles. The lowest BCUT2D eigenvalue weighted by molar-refractivity contribution is 0.0736. The molecule has 4 nitrogen and oxygen atoms in total. The summed E-state index contributed by atoms with van der Waals surface area (Å²) >= 11 is 0. The minimum Gasteiger partial charge on any atom is -0.497 e. The summed E-state index contributed by atoms with van der Waals surface area (Å²) in [6, 6.07) is 7.67. The number of amides is 1. The van der Waals surface area contributed by atoms with Gasteiger partial charge in [0.1, 0.15) is 5.75 Å². The number of halogens is 1. The van der Waals surface area contributed by atoms with Gasteiger partial charge >= 0.3 is 0 Å². The average Bonchev–Trinajstić information content (AvgIpc) is 2.86. The summed E-state index contributed by atoms with van der Waals surface area (Å²) in [5.41, 5.74) is 0.706. The van der Waals surface area contributed by atoms with Gasteiger partial charge in [-0.15, -0.1) is 12.4 Å². The molecule has 1 N–H and O–H groups in total. The zero-order valence-corrected chi connectivity index (χ0v) is 12.2. The van der Waals surface area contributed by atoms with Gasteiger partial charge in [0.05, 0.1) is 7.11 Å². The van der Waals surface area contributed by atoms with Crippen molar-refractivity contribution >= 4 is 18.3 Å². The van der Waals surface area contributed by atoms with E-state index in [9.17, 15) is 4.79 Å². The van der Waals surface area contributed by atoms with E-state index in [0.717, 1.165) is 31.7 Å². The van der Waals surface area contributed by atoms with Crippen LogP contribution in [-0.4, -0.2) is 44.1 Å². The third-order valence-corrected chi connectivity index (χ3v) is 3.39. The first-order valence-corrected chi connectivity index (χ1v) is 6.36. The fraction of sp³-hybridized carbons (Fsp3) is 0.500. The van der Waals surface area contributed by atoms with Crippen molar-refractivity contribution in [1.82, 2.24) is 10.2 Å². The Labute approximate surface area is 120 Å². The highest BCUT2D eigenvalue weighted by molar-refractivity contribution is 5.95. The van der Waals surface area contributed by atoms with Crippen molar-refractivity contribution in [1.29, 1.82) is 0 Å². The first-order valence-electron chi connectivity index (χ1n) is 6.36. The summed E-state index contributed by atoms with van der Waals surface area (Å²) in [7, 11) is 3.54. The number of carbonyl (C=O) groups is 1. The summed E-state index contributed by atoms with van der Waals surface area (Å²) in [6.07, 6.45) is 2.17. The van der Waals surface area contributed by atoms with Crippen molar-refractivity contribution in [3.05, 3.63) is 29.8 Å². The molecule has 106 valence electrons. The molecule has 1 fully saturated rings. The molecular weight excluding hydrogens is 264 g/mol. The first kappa shape index (κ1) is 15.8. The van der Waals surface area contributed by atoms with Crippen molar-refractivity contribution in [3.8, 4) is 5.75 Å². The molecule has 0 bridgehead atoms. The molecule has 1 aliphatic rings. The maximum absolute atomic E-state index is 12.4. The monoisotopic (exact) mass is 284 g/mol. The third-order valence-electron chi connectivity index (χ3n) is 3.39. The van der Waals surface area contributed by atoms with Crippen molar-refractivity contribution in [2.24, 2.45) is 0 Å². The number of likely N-dealkylation sites (tertiary alicyclic amines) is 1. The predicted molar refractivity (Wildman–Crippen MR) is 78.2 cm³/mol. The van der Waals surface area contributed by atoms with Crippen LogP contribution in [0, 0.1) is 0 Å². The molecule has 2 rings (SSSR count). The van der Waals surface area contributed by atoms with Gasteiger partial charge in [-0.25, -0.2) is 0 Å². The Morgan fingerprint density at radius 3 is 3.00 bits per heavy atom. The Balaban J connectivity index is 0.00000180. The highest BCUT2D eigenvalue weighted by atomic mass is 35.5. The molecule has 1 aromatic rings. The normalized spacial score (nSPS) is 18.0. The number of likely N-dealkylation sites (N-methyl/N-ethyl adjacent to an activating group) is 1. The van der Waals surface area contributed by atoms with Gasteiger partial charge < -0.3 is 15.0 Å². The van der Waals surface area contributed by atoms with Gasteiger partial charge in [-0.05, 0) is 38.1 Å². The van der Waals surface area contributed by atoms with Crippen LogP contribution in [0.25, 0.3) is 0 Å². The van der Waals surface area contributed by atoms with Gasteiger partial charge in [-0.1, -0.05) is 6.07 Å². The van der Waals surface area contributed by atoms with Crippen LogP contribution in [0.4, 0.5) is 0 Å². The molecule has 1 atom stereocenters. The molecular formula is C14H21ClN2O2. The van der Waals surface area contributed by atoms with E-state index in [1.807, 2.05) is 30.1 Å². The highest BCUT2D eigenvalue weighted by Gasteiger charge is 2.28. The van der Waals surface area contributed by atoms with E-state index in [1.54, 1.807) is 13.2 Å². The Morgan fingerprint density at radius 1 is 1.53 bits per heavy atom. The highest BCUT2D eigenvalue weighted by Crippen LogP contribution is 2.21. The summed E-state index contributed by atoms with van der Waals surface area (Å²) in [4.78, 5) is 14.4. The van der Waals surface area contributed by atoms with E-state index < -0.39 is 0 Å². The minimum absolute atomic E-state index is 0. The fourth-order valence-electron chi connectivity index (χ4n) is 2.47. The largest absolute Gasteiger partial charge is 0.497 e. The number of carbonyl (C=O) groups excluding carboxylic acids is 1. The maximum atomic E-state index is 12.4. The second-order valence-corrected chi connectivity index (χ2v) is 4.58. The fourth-order valence-corrected chi connectivity index (χ4v) is 2.47. The van der Waals surface area contributed by atoms with Crippen LogP contribution in [0.3, 0.4) is 0 Å². The van der Waals surface area contributed by atoms with Gasteiger partial charge in [-0.3, -0.25) is 4.79 Å². The number of nitrogens with one attached hydrogen (secondary N) is 1. The van der Waals surface area contributed by atoms with Gasteiger partial charge in [0, 0.05) is 24.7 Å². The van der Waals surface area contributed by atoms with Crippen LogP contribution in [0.2, 0.25) is 0 Å². The predicted octanol–water partition coefficient (Wildman–Crippen LogP) is 1.94. The number of methoxy groups -OCH3 is 1. The number of ether oxygens (including phenoxy) is 1. The molecule has 0 spiro atoms. The van der Waals surface area contributed by atoms with E-state index in [1.165, 1.54) is 0 Å². The first-order chi connectivity index (χ1) is 8.76. The Kier molecular flexibility index (Phi) is 6.12. The number of hydrogen-bond donors (Lipinski definition) is 1. The van der Waals surface area contributed by atoms with Gasteiger partial charge in [0.25, 0.3) is 5.91 Å². The van der Waals surface area contributed by atoms with Crippen LogP contribution < -0.4 is 10.1 Å². The molecule has 1 aromatic carbocycles. The summed E-state index contributed by atoms with van der Waals surface area (Å²) in [5, 5.41) is 3.15.